The predicted molar refractivity (Wildman–Crippen MR) is 111 cm³/mol. The first-order valence-corrected chi connectivity index (χ1v) is 10.6. The monoisotopic (exact) mass is 365 g/mol. The van der Waals surface area contributed by atoms with Crippen LogP contribution in [0.1, 0.15) is 117 Å². The third kappa shape index (κ3) is 22.4. The van der Waals surface area contributed by atoms with Crippen molar-refractivity contribution in [2.75, 3.05) is 6.61 Å². The van der Waals surface area contributed by atoms with Crippen LogP contribution >= 0.6 is 0 Å². The second-order valence-electron chi connectivity index (χ2n) is 7.26. The van der Waals surface area contributed by atoms with E-state index in [9.17, 15) is 4.79 Å². The molecule has 2 N–H and O–H groups in total. The third-order valence-corrected chi connectivity index (χ3v) is 4.61. The van der Waals surface area contributed by atoms with Gasteiger partial charge in [-0.05, 0) is 13.3 Å². The summed E-state index contributed by atoms with van der Waals surface area (Å²) in [5.74, 6) is -0.282. The van der Waals surface area contributed by atoms with Gasteiger partial charge in [-0.25, -0.2) is 0 Å². The number of rotatable bonds is 18. The van der Waals surface area contributed by atoms with E-state index in [0.717, 1.165) is 12.8 Å². The van der Waals surface area contributed by atoms with Crippen molar-refractivity contribution >= 4 is 35.5 Å². The Morgan fingerprint density at radius 1 is 0.720 bits per heavy atom. The molecule has 0 heterocycles. The Morgan fingerprint density at radius 3 is 1.36 bits per heavy atom. The number of esters is 1. The second-order valence-corrected chi connectivity index (χ2v) is 7.26. The van der Waals surface area contributed by atoms with E-state index in [2.05, 4.69) is 6.92 Å². The molecule has 0 aromatic carbocycles. The fourth-order valence-electron chi connectivity index (χ4n) is 2.95. The predicted octanol–water partition coefficient (Wildman–Crippen LogP) is 5.49. The molecule has 0 unspecified atom stereocenters. The van der Waals surface area contributed by atoms with E-state index < -0.39 is 6.04 Å². The molecule has 0 aliphatic rings. The number of hydrogen-bond acceptors (Lipinski definition) is 3. The van der Waals surface area contributed by atoms with Crippen LogP contribution in [0.4, 0.5) is 0 Å². The molecule has 0 aliphatic heterocycles. The van der Waals surface area contributed by atoms with E-state index in [1.165, 1.54) is 89.9 Å². The topological polar surface area (TPSA) is 52.3 Å². The molecule has 0 bridgehead atoms. The Bertz CT molecular complexity index is 273. The van der Waals surface area contributed by atoms with Gasteiger partial charge < -0.3 is 10.5 Å². The Labute approximate surface area is 179 Å². The number of unbranched alkanes of at least 4 members (excludes halogenated alkanes) is 15. The molecular formula is C21H44NNaO2. The first-order chi connectivity index (χ1) is 11.7. The molecule has 0 aromatic rings. The van der Waals surface area contributed by atoms with Crippen LogP contribution in [0.5, 0.6) is 0 Å². The zero-order valence-electron chi connectivity index (χ0n) is 16.5. The van der Waals surface area contributed by atoms with Crippen molar-refractivity contribution in [2.45, 2.75) is 123 Å². The van der Waals surface area contributed by atoms with E-state index >= 15 is 0 Å². The van der Waals surface area contributed by atoms with E-state index in [4.69, 9.17) is 10.5 Å². The molecule has 0 saturated carbocycles. The van der Waals surface area contributed by atoms with Gasteiger partial charge in [-0.2, -0.15) is 0 Å². The van der Waals surface area contributed by atoms with Crippen molar-refractivity contribution in [3.05, 3.63) is 0 Å². The zero-order chi connectivity index (χ0) is 17.9. The van der Waals surface area contributed by atoms with Gasteiger partial charge in [0, 0.05) is 0 Å². The van der Waals surface area contributed by atoms with Crippen LogP contribution in [0.25, 0.3) is 0 Å². The van der Waals surface area contributed by atoms with Crippen LogP contribution in [-0.2, 0) is 9.53 Å². The van der Waals surface area contributed by atoms with E-state index in [-0.39, 0.29) is 35.5 Å². The molecule has 0 spiro atoms. The van der Waals surface area contributed by atoms with E-state index in [0.29, 0.717) is 6.61 Å². The fourth-order valence-corrected chi connectivity index (χ4v) is 2.95. The summed E-state index contributed by atoms with van der Waals surface area (Å²) in [7, 11) is 0. The molecule has 0 amide bonds. The van der Waals surface area contributed by atoms with Crippen molar-refractivity contribution in [1.29, 1.82) is 0 Å². The molecule has 3 nitrogen and oxygen atoms in total. The minimum absolute atomic E-state index is 0. The maximum atomic E-state index is 11.2. The molecule has 25 heavy (non-hydrogen) atoms. The Hall–Kier alpha value is 0.430. The van der Waals surface area contributed by atoms with Crippen molar-refractivity contribution in [1.82, 2.24) is 0 Å². The standard InChI is InChI=1S/C21H43NO2.Na.H/c1-3-4-5-6-7-8-9-10-11-12-13-14-15-16-17-18-19-24-21(23)20(2)22;;/h20H,3-19,22H2,1-2H3;;/t20-;;/m0../s1. The number of carbonyl (C=O) groups is 1. The van der Waals surface area contributed by atoms with Crippen molar-refractivity contribution in [3.8, 4) is 0 Å². The van der Waals surface area contributed by atoms with Crippen molar-refractivity contribution in [3.63, 3.8) is 0 Å². The minimum atomic E-state index is -0.494. The summed E-state index contributed by atoms with van der Waals surface area (Å²) in [6, 6.07) is -0.494. The molecule has 146 valence electrons. The molecule has 0 rings (SSSR count). The summed E-state index contributed by atoms with van der Waals surface area (Å²) < 4.78 is 5.06. The summed E-state index contributed by atoms with van der Waals surface area (Å²) in [6.45, 7) is 4.47. The van der Waals surface area contributed by atoms with Crippen LogP contribution < -0.4 is 5.73 Å². The number of carbonyl (C=O) groups excluding carboxylic acids is 1. The SMILES string of the molecule is CCCCCCCCCCCCCCCCCCOC(=O)[C@H](C)N.[NaH]. The van der Waals surface area contributed by atoms with Gasteiger partial charge in [0.1, 0.15) is 6.04 Å². The summed E-state index contributed by atoms with van der Waals surface area (Å²) in [4.78, 5) is 11.2. The quantitative estimate of drug-likeness (QED) is 0.198. The van der Waals surface area contributed by atoms with Gasteiger partial charge in [0.2, 0.25) is 0 Å². The number of nitrogens with two attached hydrogens (primary N) is 1. The average Bonchev–Trinajstić information content (AvgIpc) is 2.57. The van der Waals surface area contributed by atoms with Gasteiger partial charge in [-0.15, -0.1) is 0 Å². The van der Waals surface area contributed by atoms with Gasteiger partial charge >= 0.3 is 35.5 Å². The summed E-state index contributed by atoms with van der Waals surface area (Å²) in [6.07, 6.45) is 21.7. The third-order valence-electron chi connectivity index (χ3n) is 4.61. The van der Waals surface area contributed by atoms with Gasteiger partial charge in [0.15, 0.2) is 0 Å². The van der Waals surface area contributed by atoms with Crippen molar-refractivity contribution in [2.24, 2.45) is 5.73 Å². The Balaban J connectivity index is 0. The normalized spacial score (nSPS) is 11.8. The molecule has 4 heteroatoms. The van der Waals surface area contributed by atoms with Crippen LogP contribution in [0.3, 0.4) is 0 Å². The Kier molecular flexibility index (Phi) is 24.9. The number of hydrogen-bond donors (Lipinski definition) is 1. The van der Waals surface area contributed by atoms with Gasteiger partial charge in [-0.3, -0.25) is 4.79 Å². The van der Waals surface area contributed by atoms with Crippen LogP contribution in [0.2, 0.25) is 0 Å². The second kappa shape index (κ2) is 22.5. The van der Waals surface area contributed by atoms with Gasteiger partial charge in [0.25, 0.3) is 0 Å². The van der Waals surface area contributed by atoms with Crippen LogP contribution in [-0.4, -0.2) is 48.2 Å². The summed E-state index contributed by atoms with van der Waals surface area (Å²) in [5, 5.41) is 0. The summed E-state index contributed by atoms with van der Waals surface area (Å²) in [5.41, 5.74) is 5.43. The average molecular weight is 366 g/mol. The molecule has 0 aliphatic carbocycles. The molecule has 1 atom stereocenters. The van der Waals surface area contributed by atoms with E-state index in [1.807, 2.05) is 0 Å². The molecule has 0 fully saturated rings. The maximum absolute atomic E-state index is 11.2. The van der Waals surface area contributed by atoms with Gasteiger partial charge in [-0.1, -0.05) is 103 Å². The molecule has 0 radical (unpaired) electrons. The molecular weight excluding hydrogens is 321 g/mol. The van der Waals surface area contributed by atoms with Crippen LogP contribution in [0.15, 0.2) is 0 Å². The first kappa shape index (κ1) is 27.6. The van der Waals surface area contributed by atoms with Gasteiger partial charge in [0.05, 0.1) is 6.61 Å². The Morgan fingerprint density at radius 2 is 1.04 bits per heavy atom. The zero-order valence-corrected chi connectivity index (χ0v) is 16.5. The van der Waals surface area contributed by atoms with E-state index in [1.54, 1.807) is 6.92 Å². The molecule has 0 aromatic heterocycles. The summed E-state index contributed by atoms with van der Waals surface area (Å²) >= 11 is 0. The first-order valence-electron chi connectivity index (χ1n) is 10.6. The molecule has 0 saturated heterocycles. The van der Waals surface area contributed by atoms with Crippen molar-refractivity contribution < 1.29 is 9.53 Å². The van der Waals surface area contributed by atoms with Crippen LogP contribution in [0, 0.1) is 0 Å². The number of ether oxygens (including phenoxy) is 1. The fraction of sp³-hybridized carbons (Fsp3) is 0.952.